The number of aryl methyl sites for hydroxylation is 1. The molecule has 0 aliphatic carbocycles. The number of H-pyrrole nitrogens is 2. The van der Waals surface area contributed by atoms with Crippen molar-refractivity contribution in [2.24, 2.45) is 0 Å². The SMILES string of the molecule is O=c1[nH][nH]c(C(F)(F)F)c1Cc1ccc(CCCOCc2ccccc2)cc1. The lowest BCUT2D eigenvalue weighted by Gasteiger charge is -2.08. The maximum Gasteiger partial charge on any atom is 0.433 e. The largest absolute Gasteiger partial charge is 0.433 e. The molecule has 4 nitrogen and oxygen atoms in total. The van der Waals surface area contributed by atoms with E-state index in [0.29, 0.717) is 18.8 Å². The van der Waals surface area contributed by atoms with E-state index in [1.54, 1.807) is 12.1 Å². The summed E-state index contributed by atoms with van der Waals surface area (Å²) in [6.45, 7) is 1.21. The van der Waals surface area contributed by atoms with E-state index in [0.717, 1.165) is 24.0 Å². The van der Waals surface area contributed by atoms with Crippen LogP contribution in [0.2, 0.25) is 0 Å². The van der Waals surface area contributed by atoms with Crippen LogP contribution < -0.4 is 5.56 Å². The summed E-state index contributed by atoms with van der Waals surface area (Å²) >= 11 is 0. The molecule has 1 heterocycles. The van der Waals surface area contributed by atoms with Crippen LogP contribution in [-0.2, 0) is 30.4 Å². The highest BCUT2D eigenvalue weighted by Gasteiger charge is 2.36. The first-order valence-electron chi connectivity index (χ1n) is 8.99. The van der Waals surface area contributed by atoms with Crippen molar-refractivity contribution in [3.8, 4) is 0 Å². The zero-order chi connectivity index (χ0) is 20.0. The van der Waals surface area contributed by atoms with Gasteiger partial charge < -0.3 is 4.74 Å². The standard InChI is InChI=1S/C21H21F3N2O2/c22-21(23,24)19-18(20(27)26-25-19)13-16-10-8-15(9-11-16)7-4-12-28-14-17-5-2-1-3-6-17/h1-3,5-6,8-11H,4,7,12-14H2,(H2,25,26,27). The van der Waals surface area contributed by atoms with Gasteiger partial charge in [-0.25, -0.2) is 0 Å². The van der Waals surface area contributed by atoms with Crippen LogP contribution in [0.15, 0.2) is 59.4 Å². The van der Waals surface area contributed by atoms with Crippen molar-refractivity contribution < 1.29 is 17.9 Å². The van der Waals surface area contributed by atoms with Crippen molar-refractivity contribution >= 4 is 0 Å². The number of hydrogen-bond donors (Lipinski definition) is 2. The minimum atomic E-state index is -4.59. The molecule has 0 radical (unpaired) electrons. The van der Waals surface area contributed by atoms with E-state index in [1.165, 1.54) is 0 Å². The Balaban J connectivity index is 1.49. The van der Waals surface area contributed by atoms with Gasteiger partial charge in [-0.2, -0.15) is 13.2 Å². The zero-order valence-electron chi connectivity index (χ0n) is 15.2. The third-order valence-electron chi connectivity index (χ3n) is 4.43. The molecular formula is C21H21F3N2O2. The van der Waals surface area contributed by atoms with Gasteiger partial charge in [0, 0.05) is 13.0 Å². The lowest BCUT2D eigenvalue weighted by molar-refractivity contribution is -0.141. The molecule has 28 heavy (non-hydrogen) atoms. The summed E-state index contributed by atoms with van der Waals surface area (Å²) in [6, 6.07) is 17.2. The van der Waals surface area contributed by atoms with Crippen molar-refractivity contribution in [3.05, 3.63) is 92.9 Å². The van der Waals surface area contributed by atoms with Crippen LogP contribution in [0.25, 0.3) is 0 Å². The minimum Gasteiger partial charge on any atom is -0.377 e. The predicted octanol–water partition coefficient (Wildman–Crippen LogP) is 4.46. The molecule has 1 aromatic heterocycles. The first kappa shape index (κ1) is 19.9. The van der Waals surface area contributed by atoms with Gasteiger partial charge >= 0.3 is 6.18 Å². The molecule has 0 saturated heterocycles. The quantitative estimate of drug-likeness (QED) is 0.558. The van der Waals surface area contributed by atoms with Crippen molar-refractivity contribution in [2.45, 2.75) is 32.0 Å². The van der Waals surface area contributed by atoms with Crippen LogP contribution in [0, 0.1) is 0 Å². The van der Waals surface area contributed by atoms with Gasteiger partial charge in [0.25, 0.3) is 5.56 Å². The van der Waals surface area contributed by atoms with E-state index in [-0.39, 0.29) is 12.0 Å². The minimum absolute atomic E-state index is 0.0753. The topological polar surface area (TPSA) is 57.9 Å². The van der Waals surface area contributed by atoms with E-state index in [2.05, 4.69) is 0 Å². The van der Waals surface area contributed by atoms with Gasteiger partial charge in [-0.1, -0.05) is 54.6 Å². The van der Waals surface area contributed by atoms with Crippen LogP contribution in [0.5, 0.6) is 0 Å². The Morgan fingerprint density at radius 1 is 0.857 bits per heavy atom. The summed E-state index contributed by atoms with van der Waals surface area (Å²) in [5.74, 6) is 0. The Morgan fingerprint density at radius 3 is 2.21 bits per heavy atom. The van der Waals surface area contributed by atoms with Crippen LogP contribution >= 0.6 is 0 Å². The van der Waals surface area contributed by atoms with Gasteiger partial charge in [-0.15, -0.1) is 0 Å². The molecule has 2 aromatic carbocycles. The highest BCUT2D eigenvalue weighted by atomic mass is 19.4. The summed E-state index contributed by atoms with van der Waals surface area (Å²) in [5, 5.41) is 3.93. The van der Waals surface area contributed by atoms with Gasteiger partial charge in [0.1, 0.15) is 5.69 Å². The Labute approximate surface area is 160 Å². The lowest BCUT2D eigenvalue weighted by Crippen LogP contribution is -2.13. The molecule has 7 heteroatoms. The summed E-state index contributed by atoms with van der Waals surface area (Å²) in [6.07, 6.45) is -3.00. The first-order chi connectivity index (χ1) is 13.4. The Bertz CT molecular complexity index is 929. The fraction of sp³-hybridized carbons (Fsp3) is 0.286. The van der Waals surface area contributed by atoms with Gasteiger partial charge in [-0.3, -0.25) is 15.0 Å². The van der Waals surface area contributed by atoms with Gasteiger partial charge in [0.15, 0.2) is 0 Å². The average molecular weight is 390 g/mol. The second kappa shape index (κ2) is 8.93. The number of aromatic amines is 2. The molecular weight excluding hydrogens is 369 g/mol. The molecule has 0 atom stereocenters. The smallest absolute Gasteiger partial charge is 0.377 e. The molecule has 2 N–H and O–H groups in total. The fourth-order valence-corrected chi connectivity index (χ4v) is 2.96. The number of alkyl halides is 3. The van der Waals surface area contributed by atoms with Crippen molar-refractivity contribution in [3.63, 3.8) is 0 Å². The zero-order valence-corrected chi connectivity index (χ0v) is 15.2. The van der Waals surface area contributed by atoms with Gasteiger partial charge in [0.2, 0.25) is 0 Å². The Morgan fingerprint density at radius 2 is 1.54 bits per heavy atom. The lowest BCUT2D eigenvalue weighted by atomic mass is 10.0. The second-order valence-corrected chi connectivity index (χ2v) is 6.57. The molecule has 3 rings (SSSR count). The first-order valence-corrected chi connectivity index (χ1v) is 8.99. The molecule has 0 saturated carbocycles. The molecule has 0 fully saturated rings. The maximum atomic E-state index is 12.9. The second-order valence-electron chi connectivity index (χ2n) is 6.57. The third kappa shape index (κ3) is 5.36. The van der Waals surface area contributed by atoms with E-state index >= 15 is 0 Å². The van der Waals surface area contributed by atoms with E-state index < -0.39 is 17.4 Å². The molecule has 0 amide bonds. The number of halogens is 3. The third-order valence-corrected chi connectivity index (χ3v) is 4.43. The normalized spacial score (nSPS) is 11.7. The summed E-state index contributed by atoms with van der Waals surface area (Å²) in [7, 11) is 0. The summed E-state index contributed by atoms with van der Waals surface area (Å²) in [5.41, 5.74) is 0.800. The predicted molar refractivity (Wildman–Crippen MR) is 100 cm³/mol. The maximum absolute atomic E-state index is 12.9. The van der Waals surface area contributed by atoms with Crippen molar-refractivity contribution in [1.29, 1.82) is 0 Å². The van der Waals surface area contributed by atoms with Crippen LogP contribution in [-0.4, -0.2) is 16.8 Å². The van der Waals surface area contributed by atoms with Crippen LogP contribution in [0.3, 0.4) is 0 Å². The molecule has 0 unspecified atom stereocenters. The molecule has 148 valence electrons. The van der Waals surface area contributed by atoms with Crippen LogP contribution in [0.1, 0.15) is 34.4 Å². The van der Waals surface area contributed by atoms with Gasteiger partial charge in [-0.05, 0) is 29.5 Å². The number of nitrogens with one attached hydrogen (secondary N) is 2. The highest BCUT2D eigenvalue weighted by molar-refractivity contribution is 5.30. The molecule has 0 spiro atoms. The monoisotopic (exact) mass is 390 g/mol. The number of benzene rings is 2. The van der Waals surface area contributed by atoms with E-state index in [9.17, 15) is 18.0 Å². The van der Waals surface area contributed by atoms with Crippen molar-refractivity contribution in [2.75, 3.05) is 6.61 Å². The van der Waals surface area contributed by atoms with Crippen molar-refractivity contribution in [1.82, 2.24) is 10.2 Å². The van der Waals surface area contributed by atoms with E-state index in [1.807, 2.05) is 52.7 Å². The van der Waals surface area contributed by atoms with Gasteiger partial charge in [0.05, 0.1) is 12.2 Å². The van der Waals surface area contributed by atoms with Crippen LogP contribution in [0.4, 0.5) is 13.2 Å². The average Bonchev–Trinajstić information content (AvgIpc) is 3.04. The molecule has 0 aliphatic rings. The molecule has 0 bridgehead atoms. The molecule has 0 aliphatic heterocycles. The number of ether oxygens (including phenoxy) is 1. The number of aromatic nitrogens is 2. The molecule has 3 aromatic rings. The summed E-state index contributed by atoms with van der Waals surface area (Å²) in [4.78, 5) is 11.7. The highest BCUT2D eigenvalue weighted by Crippen LogP contribution is 2.29. The number of hydrogen-bond acceptors (Lipinski definition) is 2. The number of rotatable bonds is 8. The fourth-order valence-electron chi connectivity index (χ4n) is 2.96. The van der Waals surface area contributed by atoms with E-state index in [4.69, 9.17) is 4.74 Å². The summed E-state index contributed by atoms with van der Waals surface area (Å²) < 4.78 is 44.5. The Hall–Kier alpha value is -2.80. The Kier molecular flexibility index (Phi) is 6.36.